The van der Waals surface area contributed by atoms with Crippen molar-refractivity contribution >= 4 is 5.91 Å². The first kappa shape index (κ1) is 19.6. The highest BCUT2D eigenvalue weighted by atomic mass is 19.3. The molecular formula is C22H21F2N5O2. The van der Waals surface area contributed by atoms with Crippen LogP contribution in [0.5, 0.6) is 5.88 Å². The second kappa shape index (κ2) is 7.72. The van der Waals surface area contributed by atoms with Crippen LogP contribution in [0.25, 0.3) is 5.69 Å². The largest absolute Gasteiger partial charge is 0.466 e. The minimum absolute atomic E-state index is 0.0653. The number of ether oxygens (including phenoxy) is 1. The van der Waals surface area contributed by atoms with Crippen LogP contribution in [0.2, 0.25) is 0 Å². The van der Waals surface area contributed by atoms with E-state index in [1.807, 2.05) is 6.07 Å². The molecule has 1 aromatic carbocycles. The van der Waals surface area contributed by atoms with Crippen LogP contribution in [0.15, 0.2) is 48.8 Å². The van der Waals surface area contributed by atoms with Crippen molar-refractivity contribution in [3.63, 3.8) is 0 Å². The molecule has 1 aliphatic heterocycles. The van der Waals surface area contributed by atoms with E-state index < -0.39 is 18.4 Å². The monoisotopic (exact) mass is 425 g/mol. The number of piperidine rings is 1. The Labute approximate surface area is 177 Å². The van der Waals surface area contributed by atoms with Crippen LogP contribution in [0.3, 0.4) is 0 Å². The summed E-state index contributed by atoms with van der Waals surface area (Å²) >= 11 is 0. The van der Waals surface area contributed by atoms with E-state index in [-0.39, 0.29) is 24.9 Å². The number of alkyl halides is 2. The maximum absolute atomic E-state index is 14.7. The Bertz CT molecular complexity index is 1100. The lowest BCUT2D eigenvalue weighted by atomic mass is 10.0. The summed E-state index contributed by atoms with van der Waals surface area (Å²) in [5, 5.41) is 8.16. The molecule has 1 aliphatic carbocycles. The number of halogens is 2. The van der Waals surface area contributed by atoms with E-state index in [4.69, 9.17) is 4.74 Å². The van der Waals surface area contributed by atoms with E-state index in [0.717, 1.165) is 30.5 Å². The first-order valence-electron chi connectivity index (χ1n) is 10.3. The summed E-state index contributed by atoms with van der Waals surface area (Å²) in [7, 11) is 0. The number of aromatic nitrogens is 4. The number of hydrogen-bond donors (Lipinski definition) is 0. The predicted molar refractivity (Wildman–Crippen MR) is 108 cm³/mol. The number of pyridine rings is 1. The van der Waals surface area contributed by atoms with Gasteiger partial charge in [-0.2, -0.15) is 15.0 Å². The van der Waals surface area contributed by atoms with Crippen molar-refractivity contribution in [2.75, 3.05) is 13.1 Å². The Morgan fingerprint density at radius 1 is 1.10 bits per heavy atom. The van der Waals surface area contributed by atoms with Crippen LogP contribution in [0, 0.1) is 0 Å². The number of nitrogens with zero attached hydrogens (tertiary/aromatic N) is 5. The number of carbonyl (C=O) groups is 1. The van der Waals surface area contributed by atoms with Crippen LogP contribution in [-0.2, 0) is 12.8 Å². The predicted octanol–water partition coefficient (Wildman–Crippen LogP) is 3.08. The molecule has 0 N–H and O–H groups in total. The molecule has 0 bridgehead atoms. The average Bonchev–Trinajstić information content (AvgIpc) is 3.46. The molecule has 1 amide bonds. The Kier molecular flexibility index (Phi) is 4.88. The standard InChI is InChI=1S/C22H21F2N5O2/c23-22(24)10-13-28(14-19(22)31-20-9-8-15-4-3-6-17(15)27-20)21(30)16-5-1-2-7-18(16)29-25-11-12-26-29/h1-2,5,7-9,11-12,19H,3-4,6,10,13-14H2. The van der Waals surface area contributed by atoms with E-state index in [2.05, 4.69) is 15.2 Å². The van der Waals surface area contributed by atoms with Crippen molar-refractivity contribution in [3.05, 3.63) is 65.6 Å². The molecule has 5 rings (SSSR count). The van der Waals surface area contributed by atoms with Gasteiger partial charge in [-0.25, -0.2) is 13.8 Å². The molecule has 3 aromatic rings. The van der Waals surface area contributed by atoms with Crippen molar-refractivity contribution in [1.29, 1.82) is 0 Å². The van der Waals surface area contributed by atoms with Gasteiger partial charge in [-0.05, 0) is 37.0 Å². The molecule has 31 heavy (non-hydrogen) atoms. The number of fused-ring (bicyclic) bond motifs is 1. The highest BCUT2D eigenvalue weighted by molar-refractivity contribution is 5.97. The molecular weight excluding hydrogens is 404 g/mol. The minimum atomic E-state index is -3.06. The Morgan fingerprint density at radius 2 is 1.90 bits per heavy atom. The normalized spacial score (nSPS) is 19.8. The van der Waals surface area contributed by atoms with Crippen molar-refractivity contribution in [1.82, 2.24) is 24.9 Å². The second-order valence-corrected chi connectivity index (χ2v) is 7.81. The van der Waals surface area contributed by atoms with Gasteiger partial charge in [-0.3, -0.25) is 4.79 Å². The number of benzene rings is 1. The topological polar surface area (TPSA) is 73.1 Å². The van der Waals surface area contributed by atoms with Gasteiger partial charge in [0.25, 0.3) is 11.8 Å². The first-order valence-corrected chi connectivity index (χ1v) is 10.3. The summed E-state index contributed by atoms with van der Waals surface area (Å²) in [4.78, 5) is 20.4. The molecule has 0 radical (unpaired) electrons. The summed E-state index contributed by atoms with van der Waals surface area (Å²) in [6.07, 6.45) is 3.87. The summed E-state index contributed by atoms with van der Waals surface area (Å²) in [5.74, 6) is -3.24. The van der Waals surface area contributed by atoms with Crippen LogP contribution < -0.4 is 4.74 Å². The van der Waals surface area contributed by atoms with Crippen LogP contribution in [0.4, 0.5) is 8.78 Å². The zero-order valence-corrected chi connectivity index (χ0v) is 16.7. The molecule has 0 saturated carbocycles. The van der Waals surface area contributed by atoms with E-state index in [1.54, 1.807) is 30.3 Å². The number of hydrogen-bond acceptors (Lipinski definition) is 5. The number of para-hydroxylation sites is 1. The van der Waals surface area contributed by atoms with Crippen molar-refractivity contribution in [2.24, 2.45) is 0 Å². The van der Waals surface area contributed by atoms with E-state index in [1.165, 1.54) is 22.1 Å². The molecule has 1 saturated heterocycles. The lowest BCUT2D eigenvalue weighted by Crippen LogP contribution is -2.55. The molecule has 1 fully saturated rings. The van der Waals surface area contributed by atoms with Crippen LogP contribution in [0.1, 0.15) is 34.5 Å². The van der Waals surface area contributed by atoms with Gasteiger partial charge in [0.2, 0.25) is 5.88 Å². The van der Waals surface area contributed by atoms with Crippen molar-refractivity contribution in [3.8, 4) is 11.6 Å². The van der Waals surface area contributed by atoms with Crippen molar-refractivity contribution in [2.45, 2.75) is 37.7 Å². The molecule has 7 nitrogen and oxygen atoms in total. The Morgan fingerprint density at radius 3 is 2.74 bits per heavy atom. The quantitative estimate of drug-likeness (QED) is 0.642. The molecule has 1 atom stereocenters. The van der Waals surface area contributed by atoms with E-state index in [0.29, 0.717) is 11.3 Å². The van der Waals surface area contributed by atoms with Gasteiger partial charge in [-0.15, -0.1) is 0 Å². The summed E-state index contributed by atoms with van der Waals surface area (Å²) in [6.45, 7) is -0.296. The first-order chi connectivity index (χ1) is 15.0. The van der Waals surface area contributed by atoms with Gasteiger partial charge in [0.05, 0.1) is 30.2 Å². The van der Waals surface area contributed by atoms with Gasteiger partial charge in [-0.1, -0.05) is 18.2 Å². The zero-order valence-electron chi connectivity index (χ0n) is 16.7. The van der Waals surface area contributed by atoms with Gasteiger partial charge >= 0.3 is 0 Å². The smallest absolute Gasteiger partial charge is 0.287 e. The Balaban J connectivity index is 1.38. The number of amides is 1. The fraction of sp³-hybridized carbons (Fsp3) is 0.364. The number of rotatable bonds is 4. The number of carbonyl (C=O) groups excluding carboxylic acids is 1. The third kappa shape index (κ3) is 3.75. The highest BCUT2D eigenvalue weighted by Gasteiger charge is 2.47. The molecule has 2 aromatic heterocycles. The fourth-order valence-corrected chi connectivity index (χ4v) is 4.13. The van der Waals surface area contributed by atoms with E-state index in [9.17, 15) is 13.6 Å². The SMILES string of the molecule is O=C(c1ccccc1-n1nccn1)N1CCC(F)(F)C(Oc2ccc3c(n2)CCC3)C1. The number of aryl methyl sites for hydroxylation is 2. The van der Waals surface area contributed by atoms with E-state index >= 15 is 0 Å². The summed E-state index contributed by atoms with van der Waals surface area (Å²) in [6, 6.07) is 10.4. The molecule has 3 heterocycles. The maximum atomic E-state index is 14.7. The van der Waals surface area contributed by atoms with Gasteiger partial charge < -0.3 is 9.64 Å². The zero-order chi connectivity index (χ0) is 21.4. The average molecular weight is 425 g/mol. The van der Waals surface area contributed by atoms with Crippen molar-refractivity contribution < 1.29 is 18.3 Å². The molecule has 2 aliphatic rings. The highest BCUT2D eigenvalue weighted by Crippen LogP contribution is 2.33. The van der Waals surface area contributed by atoms with Gasteiger partial charge in [0, 0.05) is 24.7 Å². The Hall–Kier alpha value is -3.36. The van der Waals surface area contributed by atoms with Gasteiger partial charge in [0.15, 0.2) is 6.10 Å². The third-order valence-corrected chi connectivity index (χ3v) is 5.79. The summed E-state index contributed by atoms with van der Waals surface area (Å²) in [5.41, 5.74) is 2.89. The van der Waals surface area contributed by atoms with Crippen LogP contribution in [-0.4, -0.2) is 55.9 Å². The molecule has 1 unspecified atom stereocenters. The molecule has 0 spiro atoms. The lowest BCUT2D eigenvalue weighted by molar-refractivity contribution is -0.131. The molecule has 9 heteroatoms. The minimum Gasteiger partial charge on any atom is -0.466 e. The lowest BCUT2D eigenvalue weighted by Gasteiger charge is -2.38. The molecule has 160 valence electrons. The van der Waals surface area contributed by atoms with Crippen LogP contribution >= 0.6 is 0 Å². The summed E-state index contributed by atoms with van der Waals surface area (Å²) < 4.78 is 34.9. The fourth-order valence-electron chi connectivity index (χ4n) is 4.13. The second-order valence-electron chi connectivity index (χ2n) is 7.81. The maximum Gasteiger partial charge on any atom is 0.287 e. The van der Waals surface area contributed by atoms with Gasteiger partial charge in [0.1, 0.15) is 0 Å². The number of likely N-dealkylation sites (tertiary alicyclic amines) is 1. The third-order valence-electron chi connectivity index (χ3n) is 5.79.